The Labute approximate surface area is 83.1 Å². The van der Waals surface area contributed by atoms with Gasteiger partial charge < -0.3 is 5.73 Å². The van der Waals surface area contributed by atoms with Gasteiger partial charge in [0.05, 0.1) is 5.69 Å². The summed E-state index contributed by atoms with van der Waals surface area (Å²) in [4.78, 5) is 0. The van der Waals surface area contributed by atoms with Crippen molar-refractivity contribution in [2.24, 2.45) is 7.05 Å². The first-order valence-electron chi connectivity index (χ1n) is 4.08. The molecule has 6 nitrogen and oxygen atoms in total. The smallest absolute Gasteiger partial charge is 0.282 e. The Hall–Kier alpha value is -1.99. The average molecular weight is 214 g/mol. The Morgan fingerprint density at radius 1 is 1.53 bits per heavy atom. The fourth-order valence-electron chi connectivity index (χ4n) is 1.26. The summed E-state index contributed by atoms with van der Waals surface area (Å²) in [6, 6.07) is 1.43. The molecule has 8 heteroatoms. The van der Waals surface area contributed by atoms with Crippen LogP contribution in [0, 0.1) is 0 Å². The number of nitrogen functional groups attached to an aromatic ring is 1. The Kier molecular flexibility index (Phi) is 2.10. The van der Waals surface area contributed by atoms with Crippen molar-refractivity contribution >= 4 is 5.82 Å². The zero-order valence-electron chi connectivity index (χ0n) is 7.78. The number of rotatable bonds is 2. The lowest BCUT2D eigenvalue weighted by atomic mass is 10.2. The minimum absolute atomic E-state index is 0.0664. The van der Waals surface area contributed by atoms with E-state index in [1.54, 1.807) is 0 Å². The molecule has 3 N–H and O–H groups in total. The zero-order valence-corrected chi connectivity index (χ0v) is 7.78. The molecule has 0 radical (unpaired) electrons. The predicted molar refractivity (Wildman–Crippen MR) is 48.0 cm³/mol. The third-order valence-electron chi connectivity index (χ3n) is 1.93. The van der Waals surface area contributed by atoms with Gasteiger partial charge >= 0.3 is 0 Å². The molecule has 0 aromatic carbocycles. The Morgan fingerprint density at radius 2 is 2.27 bits per heavy atom. The SMILES string of the molecule is Cn1nnc(-c2cc(N)n[nH]2)c1C(F)F. The molecular formula is C7H8F2N6. The van der Waals surface area contributed by atoms with E-state index in [9.17, 15) is 8.78 Å². The minimum Gasteiger partial charge on any atom is -0.382 e. The molecule has 0 spiro atoms. The Morgan fingerprint density at radius 3 is 2.80 bits per heavy atom. The van der Waals surface area contributed by atoms with Gasteiger partial charge in [-0.1, -0.05) is 5.21 Å². The number of alkyl halides is 2. The summed E-state index contributed by atoms with van der Waals surface area (Å²) >= 11 is 0. The van der Waals surface area contributed by atoms with Gasteiger partial charge in [0.2, 0.25) is 0 Å². The van der Waals surface area contributed by atoms with E-state index in [1.807, 2.05) is 0 Å². The molecule has 0 amide bonds. The molecule has 0 aliphatic rings. The number of H-pyrrole nitrogens is 1. The molecular weight excluding hydrogens is 206 g/mol. The van der Waals surface area contributed by atoms with Crippen LogP contribution in [0.2, 0.25) is 0 Å². The van der Waals surface area contributed by atoms with E-state index in [-0.39, 0.29) is 17.2 Å². The van der Waals surface area contributed by atoms with Crippen molar-refractivity contribution in [3.63, 3.8) is 0 Å². The number of aryl methyl sites for hydroxylation is 1. The second-order valence-electron chi connectivity index (χ2n) is 2.95. The fraction of sp³-hybridized carbons (Fsp3) is 0.286. The summed E-state index contributed by atoms with van der Waals surface area (Å²) in [5, 5.41) is 13.3. The standard InChI is InChI=1S/C7H8F2N6/c1-15-6(7(8)9)5(13-14-15)3-2-4(10)12-11-3/h2,7H,1H3,(H3,10,11,12). The van der Waals surface area contributed by atoms with Crippen LogP contribution in [-0.2, 0) is 7.05 Å². The number of aromatic nitrogens is 5. The molecule has 0 aliphatic heterocycles. The third kappa shape index (κ3) is 1.53. The Bertz CT molecular complexity index is 474. The van der Waals surface area contributed by atoms with Gasteiger partial charge in [-0.3, -0.25) is 5.10 Å². The zero-order chi connectivity index (χ0) is 11.0. The van der Waals surface area contributed by atoms with E-state index in [4.69, 9.17) is 5.73 Å². The molecule has 0 aliphatic carbocycles. The van der Waals surface area contributed by atoms with E-state index >= 15 is 0 Å². The molecule has 2 rings (SSSR count). The lowest BCUT2D eigenvalue weighted by Crippen LogP contribution is -1.99. The maximum atomic E-state index is 12.6. The molecule has 2 aromatic rings. The van der Waals surface area contributed by atoms with Gasteiger partial charge in [0.15, 0.2) is 0 Å². The Balaban J connectivity index is 2.53. The molecule has 0 bridgehead atoms. The first kappa shape index (κ1) is 9.56. The van der Waals surface area contributed by atoms with Crippen LogP contribution >= 0.6 is 0 Å². The van der Waals surface area contributed by atoms with Crippen molar-refractivity contribution in [2.75, 3.05) is 5.73 Å². The lowest BCUT2D eigenvalue weighted by Gasteiger charge is -2.00. The fourth-order valence-corrected chi connectivity index (χ4v) is 1.26. The molecule has 0 unspecified atom stereocenters. The van der Waals surface area contributed by atoms with Crippen LogP contribution in [0.4, 0.5) is 14.6 Å². The van der Waals surface area contributed by atoms with Crippen LogP contribution in [0.1, 0.15) is 12.1 Å². The van der Waals surface area contributed by atoms with Crippen LogP contribution in [0.15, 0.2) is 6.07 Å². The van der Waals surface area contributed by atoms with Crippen LogP contribution < -0.4 is 5.73 Å². The van der Waals surface area contributed by atoms with Crippen molar-refractivity contribution in [2.45, 2.75) is 6.43 Å². The molecule has 0 saturated heterocycles. The number of nitrogens with one attached hydrogen (secondary N) is 1. The number of nitrogens with two attached hydrogens (primary N) is 1. The molecule has 80 valence electrons. The van der Waals surface area contributed by atoms with Gasteiger partial charge in [-0.25, -0.2) is 13.5 Å². The first-order valence-corrected chi connectivity index (χ1v) is 4.08. The maximum Gasteiger partial charge on any atom is 0.282 e. The van der Waals surface area contributed by atoms with Crippen molar-refractivity contribution in [3.05, 3.63) is 11.8 Å². The number of halogens is 2. The highest BCUT2D eigenvalue weighted by Crippen LogP contribution is 2.27. The van der Waals surface area contributed by atoms with Gasteiger partial charge in [-0.15, -0.1) is 5.10 Å². The number of hydrogen-bond donors (Lipinski definition) is 2. The minimum atomic E-state index is -2.65. The van der Waals surface area contributed by atoms with Gasteiger partial charge in [0.1, 0.15) is 17.2 Å². The summed E-state index contributed by atoms with van der Waals surface area (Å²) < 4.78 is 26.3. The monoisotopic (exact) mass is 214 g/mol. The van der Waals surface area contributed by atoms with Gasteiger partial charge in [-0.2, -0.15) is 5.10 Å². The summed E-state index contributed by atoms with van der Waals surface area (Å²) in [6.07, 6.45) is -2.65. The number of nitrogens with zero attached hydrogens (tertiary/aromatic N) is 4. The quantitative estimate of drug-likeness (QED) is 0.771. The van der Waals surface area contributed by atoms with E-state index in [2.05, 4.69) is 20.5 Å². The van der Waals surface area contributed by atoms with Crippen molar-refractivity contribution < 1.29 is 8.78 Å². The average Bonchev–Trinajstić information content (AvgIpc) is 2.71. The van der Waals surface area contributed by atoms with E-state index in [0.29, 0.717) is 5.69 Å². The molecule has 2 aromatic heterocycles. The summed E-state index contributed by atoms with van der Waals surface area (Å²) in [5.41, 5.74) is 5.49. The van der Waals surface area contributed by atoms with Crippen LogP contribution in [0.3, 0.4) is 0 Å². The number of anilines is 1. The highest BCUT2D eigenvalue weighted by atomic mass is 19.3. The van der Waals surface area contributed by atoms with Crippen LogP contribution in [-0.4, -0.2) is 25.2 Å². The number of aromatic amines is 1. The number of hydrogen-bond acceptors (Lipinski definition) is 4. The molecule has 2 heterocycles. The van der Waals surface area contributed by atoms with Crippen molar-refractivity contribution in [3.8, 4) is 11.4 Å². The highest BCUT2D eigenvalue weighted by molar-refractivity contribution is 5.60. The van der Waals surface area contributed by atoms with E-state index < -0.39 is 6.43 Å². The summed E-state index contributed by atoms with van der Waals surface area (Å²) in [6.45, 7) is 0. The van der Waals surface area contributed by atoms with Gasteiger partial charge in [0.25, 0.3) is 6.43 Å². The third-order valence-corrected chi connectivity index (χ3v) is 1.93. The highest BCUT2D eigenvalue weighted by Gasteiger charge is 2.22. The van der Waals surface area contributed by atoms with Crippen LogP contribution in [0.25, 0.3) is 11.4 Å². The lowest BCUT2D eigenvalue weighted by molar-refractivity contribution is 0.141. The van der Waals surface area contributed by atoms with E-state index in [0.717, 1.165) is 4.68 Å². The predicted octanol–water partition coefficient (Wildman–Crippen LogP) is 0.725. The second kappa shape index (κ2) is 3.30. The van der Waals surface area contributed by atoms with Gasteiger partial charge in [-0.05, 0) is 0 Å². The summed E-state index contributed by atoms with van der Waals surface area (Å²) in [5.74, 6) is 0.218. The summed E-state index contributed by atoms with van der Waals surface area (Å²) in [7, 11) is 1.40. The normalized spacial score (nSPS) is 11.2. The van der Waals surface area contributed by atoms with Crippen molar-refractivity contribution in [1.29, 1.82) is 0 Å². The molecule has 0 saturated carbocycles. The molecule has 0 atom stereocenters. The topological polar surface area (TPSA) is 85.4 Å². The molecule has 15 heavy (non-hydrogen) atoms. The second-order valence-corrected chi connectivity index (χ2v) is 2.95. The maximum absolute atomic E-state index is 12.6. The largest absolute Gasteiger partial charge is 0.382 e. The van der Waals surface area contributed by atoms with Crippen LogP contribution in [0.5, 0.6) is 0 Å². The van der Waals surface area contributed by atoms with E-state index in [1.165, 1.54) is 13.1 Å². The molecule has 0 fully saturated rings. The first-order chi connectivity index (χ1) is 7.09. The van der Waals surface area contributed by atoms with Crippen molar-refractivity contribution in [1.82, 2.24) is 25.2 Å². The van der Waals surface area contributed by atoms with Gasteiger partial charge in [0, 0.05) is 13.1 Å².